The molecule has 3 rings (SSSR count). The number of primary amides is 1. The minimum absolute atomic E-state index is 0.00912. The van der Waals surface area contributed by atoms with Gasteiger partial charge in [-0.05, 0) is 24.8 Å². The van der Waals surface area contributed by atoms with Crippen LogP contribution in [0.1, 0.15) is 52.9 Å². The van der Waals surface area contributed by atoms with E-state index in [0.29, 0.717) is 36.1 Å². The molecule has 0 aromatic carbocycles. The van der Waals surface area contributed by atoms with Crippen LogP contribution in [-0.2, 0) is 13.0 Å². The van der Waals surface area contributed by atoms with E-state index in [1.807, 2.05) is 0 Å². The van der Waals surface area contributed by atoms with Gasteiger partial charge >= 0.3 is 6.03 Å². The Kier molecular flexibility index (Phi) is 4.24. The molecule has 2 aliphatic rings. The van der Waals surface area contributed by atoms with Gasteiger partial charge < -0.3 is 21.7 Å². The minimum atomic E-state index is -0.477. The molecule has 0 saturated heterocycles. The number of amides is 3. The highest BCUT2D eigenvalue weighted by atomic mass is 32.1. The van der Waals surface area contributed by atoms with E-state index in [0.717, 1.165) is 23.3 Å². The maximum atomic E-state index is 12.4. The lowest BCUT2D eigenvalue weighted by atomic mass is 9.95. The molecule has 7 heteroatoms. The van der Waals surface area contributed by atoms with Crippen LogP contribution in [0.25, 0.3) is 0 Å². The van der Waals surface area contributed by atoms with E-state index in [-0.39, 0.29) is 6.03 Å². The first-order chi connectivity index (χ1) is 10.6. The fourth-order valence-electron chi connectivity index (χ4n) is 3.38. The Bertz CT molecular complexity index is 593. The van der Waals surface area contributed by atoms with E-state index in [2.05, 4.69) is 5.32 Å². The second kappa shape index (κ2) is 6.16. The zero-order valence-corrected chi connectivity index (χ0v) is 13.4. The lowest BCUT2D eigenvalue weighted by molar-refractivity contribution is 0.1000. The smallest absolute Gasteiger partial charge is 0.317 e. The Balaban J connectivity index is 1.67. The molecule has 1 saturated carbocycles. The van der Waals surface area contributed by atoms with Crippen molar-refractivity contribution in [3.05, 3.63) is 16.0 Å². The predicted octanol–water partition coefficient (Wildman–Crippen LogP) is 1.83. The number of nitrogens with zero attached hydrogens (tertiary/aromatic N) is 1. The van der Waals surface area contributed by atoms with E-state index in [1.165, 1.54) is 30.6 Å². The molecule has 120 valence electrons. The summed E-state index contributed by atoms with van der Waals surface area (Å²) in [5.74, 6) is -0.477. The van der Waals surface area contributed by atoms with E-state index in [1.54, 1.807) is 4.90 Å². The van der Waals surface area contributed by atoms with Crippen molar-refractivity contribution >= 4 is 28.3 Å². The van der Waals surface area contributed by atoms with Gasteiger partial charge in [-0.3, -0.25) is 4.79 Å². The topological polar surface area (TPSA) is 101 Å². The Hall–Kier alpha value is -1.76. The number of thiophene rings is 1. The summed E-state index contributed by atoms with van der Waals surface area (Å²) in [6.45, 7) is 1.11. The molecule has 2 heterocycles. The summed E-state index contributed by atoms with van der Waals surface area (Å²) in [6.07, 6.45) is 6.44. The number of rotatable bonds is 2. The largest absolute Gasteiger partial charge is 0.390 e. The van der Waals surface area contributed by atoms with E-state index >= 15 is 0 Å². The van der Waals surface area contributed by atoms with Crippen LogP contribution in [0.5, 0.6) is 0 Å². The number of fused-ring (bicyclic) bond motifs is 1. The second-order valence-corrected chi connectivity index (χ2v) is 7.20. The van der Waals surface area contributed by atoms with Gasteiger partial charge in [0, 0.05) is 17.5 Å². The predicted molar refractivity (Wildman–Crippen MR) is 86.8 cm³/mol. The first kappa shape index (κ1) is 15.1. The van der Waals surface area contributed by atoms with Crippen molar-refractivity contribution in [3.63, 3.8) is 0 Å². The molecule has 1 aliphatic carbocycles. The summed E-state index contributed by atoms with van der Waals surface area (Å²) in [5.41, 5.74) is 12.7. The van der Waals surface area contributed by atoms with Crippen molar-refractivity contribution in [3.8, 4) is 0 Å². The molecule has 0 bridgehead atoms. The fourth-order valence-corrected chi connectivity index (χ4v) is 4.52. The standard InChI is InChI=1S/C15H22N4O2S/c16-13(20)12-10-6-7-19(8-11(10)22-14(12)17)15(21)18-9-4-2-1-3-5-9/h9H,1-8,17H2,(H2,16,20)(H,18,21). The molecule has 6 nitrogen and oxygen atoms in total. The number of hydrogen-bond acceptors (Lipinski definition) is 4. The van der Waals surface area contributed by atoms with Crippen molar-refractivity contribution in [1.29, 1.82) is 0 Å². The van der Waals surface area contributed by atoms with Gasteiger partial charge in [0.25, 0.3) is 5.91 Å². The zero-order valence-electron chi connectivity index (χ0n) is 12.6. The summed E-state index contributed by atoms with van der Waals surface area (Å²) in [6, 6.07) is 0.294. The molecule has 1 aromatic rings. The third-order valence-corrected chi connectivity index (χ3v) is 5.60. The van der Waals surface area contributed by atoms with E-state index in [4.69, 9.17) is 11.5 Å². The zero-order chi connectivity index (χ0) is 15.7. The van der Waals surface area contributed by atoms with Crippen molar-refractivity contribution in [2.75, 3.05) is 12.3 Å². The van der Waals surface area contributed by atoms with E-state index < -0.39 is 5.91 Å². The summed E-state index contributed by atoms with van der Waals surface area (Å²) >= 11 is 1.37. The Morgan fingerprint density at radius 3 is 2.64 bits per heavy atom. The maximum absolute atomic E-state index is 12.4. The minimum Gasteiger partial charge on any atom is -0.390 e. The number of urea groups is 1. The number of carbonyl (C=O) groups is 2. The number of anilines is 1. The molecule has 0 radical (unpaired) electrons. The van der Waals surface area contributed by atoms with Gasteiger partial charge in [-0.2, -0.15) is 0 Å². The Morgan fingerprint density at radius 1 is 1.23 bits per heavy atom. The van der Waals surface area contributed by atoms with Crippen LogP contribution >= 0.6 is 11.3 Å². The van der Waals surface area contributed by atoms with Gasteiger partial charge in [0.1, 0.15) is 0 Å². The molecule has 5 N–H and O–H groups in total. The van der Waals surface area contributed by atoms with Crippen LogP contribution in [-0.4, -0.2) is 29.4 Å². The van der Waals surface area contributed by atoms with Gasteiger partial charge in [-0.25, -0.2) is 4.79 Å². The monoisotopic (exact) mass is 322 g/mol. The fraction of sp³-hybridized carbons (Fsp3) is 0.600. The third-order valence-electron chi connectivity index (χ3n) is 4.55. The highest BCUT2D eigenvalue weighted by molar-refractivity contribution is 7.16. The summed E-state index contributed by atoms with van der Waals surface area (Å²) in [5, 5.41) is 3.60. The van der Waals surface area contributed by atoms with Crippen LogP contribution < -0.4 is 16.8 Å². The van der Waals surface area contributed by atoms with Crippen molar-refractivity contribution < 1.29 is 9.59 Å². The molecule has 22 heavy (non-hydrogen) atoms. The summed E-state index contributed by atoms with van der Waals surface area (Å²) in [7, 11) is 0. The molecule has 1 aliphatic heterocycles. The van der Waals surface area contributed by atoms with Gasteiger partial charge in [-0.15, -0.1) is 11.3 Å². The molecule has 0 atom stereocenters. The maximum Gasteiger partial charge on any atom is 0.317 e. The summed E-state index contributed by atoms with van der Waals surface area (Å²) < 4.78 is 0. The molecule has 3 amide bonds. The number of carbonyl (C=O) groups excluding carboxylic acids is 2. The highest BCUT2D eigenvalue weighted by Gasteiger charge is 2.29. The van der Waals surface area contributed by atoms with Crippen LogP contribution in [0, 0.1) is 0 Å². The lowest BCUT2D eigenvalue weighted by Crippen LogP contribution is -2.47. The molecule has 0 unspecified atom stereocenters. The molecule has 0 spiro atoms. The van der Waals surface area contributed by atoms with Crippen molar-refractivity contribution in [1.82, 2.24) is 10.2 Å². The molecular formula is C15H22N4O2S. The van der Waals surface area contributed by atoms with Crippen molar-refractivity contribution in [2.24, 2.45) is 5.73 Å². The number of nitrogens with two attached hydrogens (primary N) is 2. The molecular weight excluding hydrogens is 300 g/mol. The normalized spacial score (nSPS) is 18.8. The third kappa shape index (κ3) is 2.90. The molecule has 1 aromatic heterocycles. The van der Waals surface area contributed by atoms with Gasteiger partial charge in [-0.1, -0.05) is 19.3 Å². The highest BCUT2D eigenvalue weighted by Crippen LogP contribution is 2.34. The first-order valence-corrected chi connectivity index (χ1v) is 8.63. The second-order valence-electron chi connectivity index (χ2n) is 6.06. The van der Waals surface area contributed by atoms with Crippen LogP contribution in [0.4, 0.5) is 9.80 Å². The summed E-state index contributed by atoms with van der Waals surface area (Å²) in [4.78, 5) is 26.7. The van der Waals surface area contributed by atoms with E-state index in [9.17, 15) is 9.59 Å². The van der Waals surface area contributed by atoms with Gasteiger partial charge in [0.15, 0.2) is 0 Å². The molecule has 1 fully saturated rings. The van der Waals surface area contributed by atoms with Gasteiger partial charge in [0.05, 0.1) is 17.1 Å². The Labute approximate surface area is 133 Å². The Morgan fingerprint density at radius 2 is 1.95 bits per heavy atom. The lowest BCUT2D eigenvalue weighted by Gasteiger charge is -2.30. The van der Waals surface area contributed by atoms with Crippen LogP contribution in [0.15, 0.2) is 0 Å². The number of nitrogens with one attached hydrogen (secondary N) is 1. The quantitative estimate of drug-likeness (QED) is 0.774. The SMILES string of the molecule is NC(=O)c1c(N)sc2c1CCN(C(=O)NC1CCCCC1)C2. The van der Waals surface area contributed by atoms with Gasteiger partial charge in [0.2, 0.25) is 0 Å². The average molecular weight is 322 g/mol. The average Bonchev–Trinajstić information content (AvgIpc) is 2.83. The van der Waals surface area contributed by atoms with Crippen LogP contribution in [0.2, 0.25) is 0 Å². The first-order valence-electron chi connectivity index (χ1n) is 7.81. The van der Waals surface area contributed by atoms with Crippen LogP contribution in [0.3, 0.4) is 0 Å². The number of hydrogen-bond donors (Lipinski definition) is 3. The van der Waals surface area contributed by atoms with Crippen molar-refractivity contribution in [2.45, 2.75) is 51.1 Å². The number of nitrogen functional groups attached to an aromatic ring is 1.